The molecule has 4 rings (SSSR count). The Balaban J connectivity index is 1.60. The second-order valence-corrected chi connectivity index (χ2v) is 7.05. The van der Waals surface area contributed by atoms with E-state index in [1.807, 2.05) is 31.2 Å². The summed E-state index contributed by atoms with van der Waals surface area (Å²) in [5.41, 5.74) is 2.42. The maximum atomic E-state index is 12.2. The van der Waals surface area contributed by atoms with Gasteiger partial charge in [0.2, 0.25) is 5.16 Å². The fourth-order valence-corrected chi connectivity index (χ4v) is 3.41. The van der Waals surface area contributed by atoms with Gasteiger partial charge in [0.15, 0.2) is 0 Å². The maximum absolute atomic E-state index is 12.2. The van der Waals surface area contributed by atoms with Crippen molar-refractivity contribution in [1.82, 2.24) is 30.2 Å². The van der Waals surface area contributed by atoms with Crippen molar-refractivity contribution in [1.29, 1.82) is 0 Å². The molecule has 26 heavy (non-hydrogen) atoms. The van der Waals surface area contributed by atoms with Crippen LogP contribution in [0, 0.1) is 6.92 Å². The average Bonchev–Trinajstić information content (AvgIpc) is 3.10. The molecule has 9 heteroatoms. The van der Waals surface area contributed by atoms with E-state index < -0.39 is 0 Å². The van der Waals surface area contributed by atoms with Crippen LogP contribution in [0.2, 0.25) is 5.02 Å². The van der Waals surface area contributed by atoms with Gasteiger partial charge in [0, 0.05) is 5.02 Å². The molecular formula is C17H13ClN6OS. The Hall–Kier alpha value is -2.71. The van der Waals surface area contributed by atoms with Crippen molar-refractivity contribution >= 4 is 34.3 Å². The summed E-state index contributed by atoms with van der Waals surface area (Å²) in [5, 5.41) is 13.4. The molecule has 1 N–H and O–H groups in total. The Kier molecular flexibility index (Phi) is 4.44. The summed E-state index contributed by atoms with van der Waals surface area (Å²) in [7, 11) is 0. The summed E-state index contributed by atoms with van der Waals surface area (Å²) in [6.45, 7) is 2.02. The molecule has 0 saturated heterocycles. The third-order valence-corrected chi connectivity index (χ3v) is 4.94. The molecule has 0 radical (unpaired) electrons. The minimum Gasteiger partial charge on any atom is -0.309 e. The number of nitrogens with zero attached hydrogens (tertiary/aromatic N) is 5. The summed E-state index contributed by atoms with van der Waals surface area (Å²) in [6, 6.07) is 13.0. The molecule has 7 nitrogen and oxygen atoms in total. The largest absolute Gasteiger partial charge is 0.309 e. The van der Waals surface area contributed by atoms with Gasteiger partial charge in [-0.15, -0.1) is 5.10 Å². The summed E-state index contributed by atoms with van der Waals surface area (Å²) in [6.07, 6.45) is 0. The smallest absolute Gasteiger partial charge is 0.258 e. The lowest BCUT2D eigenvalue weighted by molar-refractivity contribution is 0.756. The molecule has 0 saturated carbocycles. The van der Waals surface area contributed by atoms with Crippen LogP contribution in [0.5, 0.6) is 0 Å². The van der Waals surface area contributed by atoms with Crippen LogP contribution in [0.3, 0.4) is 0 Å². The first-order valence-electron chi connectivity index (χ1n) is 7.77. The van der Waals surface area contributed by atoms with E-state index in [0.717, 1.165) is 11.3 Å². The fraction of sp³-hybridized carbons (Fsp3) is 0.118. The van der Waals surface area contributed by atoms with Crippen molar-refractivity contribution in [2.24, 2.45) is 0 Å². The number of benzene rings is 2. The van der Waals surface area contributed by atoms with Gasteiger partial charge >= 0.3 is 0 Å². The number of hydrogen-bond acceptors (Lipinski definition) is 6. The van der Waals surface area contributed by atoms with Crippen molar-refractivity contribution in [2.45, 2.75) is 17.8 Å². The van der Waals surface area contributed by atoms with E-state index in [9.17, 15) is 4.79 Å². The molecule has 0 unspecified atom stereocenters. The number of aromatic amines is 1. The zero-order valence-corrected chi connectivity index (χ0v) is 15.3. The molecule has 2 aromatic carbocycles. The molecule has 0 aliphatic carbocycles. The lowest BCUT2D eigenvalue weighted by atomic mass is 10.2. The molecule has 0 atom stereocenters. The maximum Gasteiger partial charge on any atom is 0.258 e. The fourth-order valence-electron chi connectivity index (χ4n) is 2.48. The van der Waals surface area contributed by atoms with Gasteiger partial charge in [0.25, 0.3) is 5.56 Å². The zero-order valence-electron chi connectivity index (χ0n) is 13.7. The summed E-state index contributed by atoms with van der Waals surface area (Å²) in [4.78, 5) is 19.5. The minimum atomic E-state index is -0.216. The van der Waals surface area contributed by atoms with Crippen LogP contribution < -0.4 is 5.56 Å². The first kappa shape index (κ1) is 16.7. The third-order valence-electron chi connectivity index (χ3n) is 3.77. The first-order valence-corrected chi connectivity index (χ1v) is 9.13. The lowest BCUT2D eigenvalue weighted by Crippen LogP contribution is -2.11. The summed E-state index contributed by atoms with van der Waals surface area (Å²) < 4.78 is 1.66. The van der Waals surface area contributed by atoms with E-state index in [0.29, 0.717) is 32.7 Å². The van der Waals surface area contributed by atoms with Gasteiger partial charge in [-0.2, -0.15) is 4.68 Å². The number of fused-ring (bicyclic) bond motifs is 1. The number of halogens is 1. The second kappa shape index (κ2) is 6.89. The van der Waals surface area contributed by atoms with Crippen LogP contribution in [0.25, 0.3) is 16.6 Å². The van der Waals surface area contributed by atoms with Crippen LogP contribution in [0.4, 0.5) is 0 Å². The normalized spacial score (nSPS) is 11.2. The van der Waals surface area contributed by atoms with Crippen LogP contribution in [0.15, 0.2) is 52.4 Å². The monoisotopic (exact) mass is 384 g/mol. The minimum absolute atomic E-state index is 0.216. The van der Waals surface area contributed by atoms with Crippen LogP contribution in [0.1, 0.15) is 11.4 Å². The first-order chi connectivity index (χ1) is 12.6. The van der Waals surface area contributed by atoms with E-state index in [4.69, 9.17) is 11.6 Å². The Bertz CT molecular complexity index is 1140. The van der Waals surface area contributed by atoms with Gasteiger partial charge in [0.05, 0.1) is 22.3 Å². The number of nitrogens with one attached hydrogen (secondary N) is 1. The molecule has 0 spiro atoms. The average molecular weight is 385 g/mol. The van der Waals surface area contributed by atoms with E-state index >= 15 is 0 Å². The van der Waals surface area contributed by atoms with Crippen molar-refractivity contribution in [3.8, 4) is 5.69 Å². The number of rotatable bonds is 4. The van der Waals surface area contributed by atoms with E-state index in [-0.39, 0.29) is 5.56 Å². The van der Waals surface area contributed by atoms with Crippen molar-refractivity contribution in [3.05, 3.63) is 69.2 Å². The predicted molar refractivity (Wildman–Crippen MR) is 101 cm³/mol. The highest BCUT2D eigenvalue weighted by Crippen LogP contribution is 2.22. The number of aryl methyl sites for hydroxylation is 1. The van der Waals surface area contributed by atoms with Gasteiger partial charge in [-0.3, -0.25) is 4.79 Å². The highest BCUT2D eigenvalue weighted by Gasteiger charge is 2.11. The van der Waals surface area contributed by atoms with Crippen LogP contribution >= 0.6 is 23.4 Å². The molecule has 0 aliphatic heterocycles. The topological polar surface area (TPSA) is 89.3 Å². The number of thioether (sulfide) groups is 1. The molecule has 0 bridgehead atoms. The summed E-state index contributed by atoms with van der Waals surface area (Å²) >= 11 is 7.33. The number of aromatic nitrogens is 6. The number of tetrazole rings is 1. The van der Waals surface area contributed by atoms with Gasteiger partial charge in [-0.05, 0) is 47.7 Å². The molecule has 0 aliphatic rings. The van der Waals surface area contributed by atoms with Crippen LogP contribution in [-0.2, 0) is 5.75 Å². The van der Waals surface area contributed by atoms with Gasteiger partial charge < -0.3 is 4.98 Å². The predicted octanol–water partition coefficient (Wildman–Crippen LogP) is 3.15. The lowest BCUT2D eigenvalue weighted by Gasteiger charge is -2.05. The molecular weight excluding hydrogens is 372 g/mol. The molecule has 2 heterocycles. The second-order valence-electron chi connectivity index (χ2n) is 5.67. The highest BCUT2D eigenvalue weighted by atomic mass is 35.5. The highest BCUT2D eigenvalue weighted by molar-refractivity contribution is 7.98. The standard InChI is InChI=1S/C17H13ClN6OS/c1-10-2-5-12(6-3-10)24-17(21-22-23-24)26-9-15-19-14-7-4-11(18)8-13(14)16(25)20-15/h2-8H,9H2,1H3,(H,19,20,25). The van der Waals surface area contributed by atoms with Gasteiger partial charge in [0.1, 0.15) is 5.82 Å². The van der Waals surface area contributed by atoms with E-state index in [2.05, 4.69) is 25.5 Å². The SMILES string of the molecule is Cc1ccc(-n2nnnc2SCc2nc3ccc(Cl)cc3c(=O)[nH]2)cc1. The quantitative estimate of drug-likeness (QED) is 0.543. The number of H-pyrrole nitrogens is 1. The Morgan fingerprint density at radius 3 is 2.81 bits per heavy atom. The Morgan fingerprint density at radius 1 is 1.19 bits per heavy atom. The molecule has 2 aromatic heterocycles. The molecule has 0 fully saturated rings. The molecule has 130 valence electrons. The summed E-state index contributed by atoms with van der Waals surface area (Å²) in [5.74, 6) is 0.980. The van der Waals surface area contributed by atoms with Crippen LogP contribution in [-0.4, -0.2) is 30.2 Å². The number of hydrogen-bond donors (Lipinski definition) is 1. The molecule has 0 amide bonds. The van der Waals surface area contributed by atoms with Crippen molar-refractivity contribution < 1.29 is 0 Å². The van der Waals surface area contributed by atoms with E-state index in [1.54, 1.807) is 22.9 Å². The third kappa shape index (κ3) is 3.33. The van der Waals surface area contributed by atoms with Gasteiger partial charge in [-0.25, -0.2) is 4.98 Å². The van der Waals surface area contributed by atoms with Crippen molar-refractivity contribution in [2.75, 3.05) is 0 Å². The molecule has 4 aromatic rings. The van der Waals surface area contributed by atoms with Crippen molar-refractivity contribution in [3.63, 3.8) is 0 Å². The van der Waals surface area contributed by atoms with Gasteiger partial charge in [-0.1, -0.05) is 41.1 Å². The van der Waals surface area contributed by atoms with E-state index in [1.165, 1.54) is 11.8 Å². The Labute approximate surface area is 157 Å². The Morgan fingerprint density at radius 2 is 2.00 bits per heavy atom. The zero-order chi connectivity index (χ0) is 18.1.